The summed E-state index contributed by atoms with van der Waals surface area (Å²) in [6.07, 6.45) is 5.58. The second kappa shape index (κ2) is 8.98. The maximum atomic E-state index is 12.8. The zero-order chi connectivity index (χ0) is 23.9. The van der Waals surface area contributed by atoms with Crippen molar-refractivity contribution >= 4 is 15.9 Å². The van der Waals surface area contributed by atoms with E-state index in [0.29, 0.717) is 19.5 Å². The number of nitrogens with zero attached hydrogens (tertiary/aromatic N) is 3. The monoisotopic (exact) mass is 480 g/mol. The lowest BCUT2D eigenvalue weighted by Crippen LogP contribution is -2.42. The normalized spacial score (nSPS) is 19.0. The number of aliphatic hydroxyl groups excluding tert-OH is 1. The third-order valence-electron chi connectivity index (χ3n) is 7.11. The van der Waals surface area contributed by atoms with Gasteiger partial charge in [-0.1, -0.05) is 36.4 Å². The Balaban J connectivity index is 1.17. The van der Waals surface area contributed by atoms with Gasteiger partial charge in [0.1, 0.15) is 0 Å². The minimum absolute atomic E-state index is 0.00377. The van der Waals surface area contributed by atoms with Gasteiger partial charge in [0.15, 0.2) is 0 Å². The highest BCUT2D eigenvalue weighted by Crippen LogP contribution is 2.42. The number of likely N-dealkylation sites (tertiary alicyclic amines) is 1. The van der Waals surface area contributed by atoms with Crippen molar-refractivity contribution in [2.24, 2.45) is 11.1 Å². The van der Waals surface area contributed by atoms with Crippen LogP contribution in [-0.4, -0.2) is 53.1 Å². The van der Waals surface area contributed by atoms with Crippen LogP contribution in [0, 0.1) is 5.92 Å². The number of amides is 1. The van der Waals surface area contributed by atoms with Gasteiger partial charge in [-0.15, -0.1) is 0 Å². The van der Waals surface area contributed by atoms with Crippen LogP contribution < -0.4 is 5.14 Å². The van der Waals surface area contributed by atoms with Crippen LogP contribution >= 0.6 is 0 Å². The molecule has 178 valence electrons. The van der Waals surface area contributed by atoms with Gasteiger partial charge in [0.2, 0.25) is 15.9 Å². The second-order valence-electron chi connectivity index (χ2n) is 9.18. The largest absolute Gasteiger partial charge is 0.393 e. The molecule has 8 nitrogen and oxygen atoms in total. The zero-order valence-corrected chi connectivity index (χ0v) is 19.6. The topological polar surface area (TPSA) is 119 Å². The highest BCUT2D eigenvalue weighted by molar-refractivity contribution is 7.89. The number of carbonyl (C=O) groups is 1. The first kappa shape index (κ1) is 22.8. The molecule has 3 aromatic rings. The summed E-state index contributed by atoms with van der Waals surface area (Å²) in [5.41, 5.74) is 4.23. The number of primary sulfonamides is 1. The van der Waals surface area contributed by atoms with Crippen LogP contribution in [0.1, 0.15) is 36.4 Å². The SMILES string of the molecule is NS(=O)(=O)c1ccc(CC(=O)N2CCC(C(O)CC3c4ccccc4-c4cncn43)CC2)cc1. The first-order valence-corrected chi connectivity index (χ1v) is 13.0. The van der Waals surface area contributed by atoms with Crippen molar-refractivity contribution in [1.29, 1.82) is 0 Å². The molecule has 2 unspecified atom stereocenters. The standard InChI is InChI=1S/C25H28N4O4S/c26-34(32,33)19-7-5-17(6-8-19)13-25(31)28-11-9-18(10-12-28)24(30)14-22-20-3-1-2-4-21(20)23-15-27-16-29(22)23/h1-8,15-16,18,22,24,30H,9-14H2,(H2,26,32,33). The van der Waals surface area contributed by atoms with E-state index in [0.717, 1.165) is 24.1 Å². The highest BCUT2D eigenvalue weighted by Gasteiger charge is 2.34. The Morgan fingerprint density at radius 1 is 1.12 bits per heavy atom. The highest BCUT2D eigenvalue weighted by atomic mass is 32.2. The minimum Gasteiger partial charge on any atom is -0.393 e. The molecule has 0 spiro atoms. The van der Waals surface area contributed by atoms with E-state index in [2.05, 4.69) is 21.7 Å². The van der Waals surface area contributed by atoms with E-state index in [1.807, 2.05) is 29.6 Å². The molecule has 2 aromatic carbocycles. The van der Waals surface area contributed by atoms with Crippen LogP contribution in [-0.2, 0) is 21.2 Å². The molecule has 9 heteroatoms. The molecular weight excluding hydrogens is 452 g/mol. The number of piperidine rings is 1. The Bertz CT molecular complexity index is 1290. The van der Waals surface area contributed by atoms with Crippen molar-refractivity contribution in [3.8, 4) is 11.3 Å². The van der Waals surface area contributed by atoms with Crippen LogP contribution in [0.15, 0.2) is 66.0 Å². The van der Waals surface area contributed by atoms with E-state index in [1.54, 1.807) is 12.1 Å². The van der Waals surface area contributed by atoms with E-state index in [9.17, 15) is 18.3 Å². The fourth-order valence-electron chi connectivity index (χ4n) is 5.21. The summed E-state index contributed by atoms with van der Waals surface area (Å²) in [6.45, 7) is 1.21. The maximum absolute atomic E-state index is 12.8. The number of hydrogen-bond acceptors (Lipinski definition) is 5. The van der Waals surface area contributed by atoms with Gasteiger partial charge in [0, 0.05) is 18.7 Å². The summed E-state index contributed by atoms with van der Waals surface area (Å²) in [6, 6.07) is 14.4. The Morgan fingerprint density at radius 3 is 2.53 bits per heavy atom. The Labute approximate surface area is 199 Å². The second-order valence-corrected chi connectivity index (χ2v) is 10.7. The molecule has 1 aromatic heterocycles. The average Bonchev–Trinajstić information content (AvgIpc) is 3.41. The molecule has 5 rings (SSSR count). The smallest absolute Gasteiger partial charge is 0.238 e. The molecule has 2 aliphatic rings. The van der Waals surface area contributed by atoms with Crippen LogP contribution in [0.5, 0.6) is 0 Å². The van der Waals surface area contributed by atoms with Crippen LogP contribution in [0.3, 0.4) is 0 Å². The number of imidazole rings is 1. The molecule has 2 atom stereocenters. The van der Waals surface area contributed by atoms with E-state index in [1.165, 1.54) is 23.3 Å². The number of benzene rings is 2. The average molecular weight is 481 g/mol. The van der Waals surface area contributed by atoms with Gasteiger partial charge in [-0.25, -0.2) is 18.5 Å². The molecule has 1 amide bonds. The van der Waals surface area contributed by atoms with Gasteiger partial charge in [0.25, 0.3) is 0 Å². The van der Waals surface area contributed by atoms with Crippen LogP contribution in [0.2, 0.25) is 0 Å². The van der Waals surface area contributed by atoms with Crippen molar-refractivity contribution in [3.63, 3.8) is 0 Å². The first-order chi connectivity index (χ1) is 16.3. The molecule has 0 radical (unpaired) electrons. The number of aliphatic hydroxyl groups is 1. The number of sulfonamides is 1. The number of carbonyl (C=O) groups excluding carboxylic acids is 1. The van der Waals surface area contributed by atoms with E-state index >= 15 is 0 Å². The third kappa shape index (κ3) is 4.38. The van der Waals surface area contributed by atoms with Gasteiger partial charge >= 0.3 is 0 Å². The molecule has 2 aliphatic heterocycles. The van der Waals surface area contributed by atoms with Crippen molar-refractivity contribution in [2.75, 3.05) is 13.1 Å². The summed E-state index contributed by atoms with van der Waals surface area (Å²) >= 11 is 0. The lowest BCUT2D eigenvalue weighted by molar-refractivity contribution is -0.132. The van der Waals surface area contributed by atoms with Crippen molar-refractivity contribution in [1.82, 2.24) is 14.5 Å². The molecule has 0 bridgehead atoms. The predicted octanol–water partition coefficient (Wildman–Crippen LogP) is 2.33. The van der Waals surface area contributed by atoms with Gasteiger partial charge in [-0.05, 0) is 48.4 Å². The Kier molecular flexibility index (Phi) is 6.01. The van der Waals surface area contributed by atoms with E-state index < -0.39 is 16.1 Å². The van der Waals surface area contributed by atoms with Crippen LogP contribution in [0.25, 0.3) is 11.3 Å². The zero-order valence-electron chi connectivity index (χ0n) is 18.7. The number of hydrogen-bond donors (Lipinski definition) is 2. The van der Waals surface area contributed by atoms with Crippen molar-refractivity contribution < 1.29 is 18.3 Å². The summed E-state index contributed by atoms with van der Waals surface area (Å²) in [5.74, 6) is 0.141. The van der Waals surface area contributed by atoms with Gasteiger partial charge in [-0.2, -0.15) is 0 Å². The number of aromatic nitrogens is 2. The number of nitrogens with two attached hydrogens (primary N) is 1. The van der Waals surface area contributed by atoms with Crippen molar-refractivity contribution in [3.05, 3.63) is 72.2 Å². The van der Waals surface area contributed by atoms with E-state index in [-0.39, 0.29) is 29.2 Å². The molecule has 3 N–H and O–H groups in total. The molecule has 1 fully saturated rings. The number of fused-ring (bicyclic) bond motifs is 3. The molecule has 3 heterocycles. The maximum Gasteiger partial charge on any atom is 0.238 e. The van der Waals surface area contributed by atoms with E-state index in [4.69, 9.17) is 5.14 Å². The van der Waals surface area contributed by atoms with Gasteiger partial charge < -0.3 is 14.6 Å². The third-order valence-corrected chi connectivity index (χ3v) is 8.04. The summed E-state index contributed by atoms with van der Waals surface area (Å²) in [5, 5.41) is 16.2. The van der Waals surface area contributed by atoms with Gasteiger partial charge in [0.05, 0.1) is 41.7 Å². The fraction of sp³-hybridized carbons (Fsp3) is 0.360. The van der Waals surface area contributed by atoms with Crippen LogP contribution in [0.4, 0.5) is 0 Å². The Hall–Kier alpha value is -3.01. The summed E-state index contributed by atoms with van der Waals surface area (Å²) in [7, 11) is -3.75. The fourth-order valence-corrected chi connectivity index (χ4v) is 5.73. The lowest BCUT2D eigenvalue weighted by atomic mass is 9.86. The summed E-state index contributed by atoms with van der Waals surface area (Å²) < 4.78 is 24.9. The summed E-state index contributed by atoms with van der Waals surface area (Å²) in [4.78, 5) is 18.9. The van der Waals surface area contributed by atoms with Crippen molar-refractivity contribution in [2.45, 2.75) is 42.7 Å². The number of rotatable bonds is 6. The quantitative estimate of drug-likeness (QED) is 0.561. The molecule has 1 saturated heterocycles. The predicted molar refractivity (Wildman–Crippen MR) is 127 cm³/mol. The molecule has 34 heavy (non-hydrogen) atoms. The first-order valence-electron chi connectivity index (χ1n) is 11.5. The molecule has 0 saturated carbocycles. The molecule has 0 aliphatic carbocycles. The molecular formula is C25H28N4O4S. The van der Waals surface area contributed by atoms with Gasteiger partial charge in [-0.3, -0.25) is 4.79 Å². The Morgan fingerprint density at radius 2 is 1.82 bits per heavy atom. The minimum atomic E-state index is -3.75. The lowest BCUT2D eigenvalue weighted by Gasteiger charge is -2.35.